The maximum absolute atomic E-state index is 13.5. The molecule has 4 heterocycles. The molecule has 6 rings (SSSR count). The van der Waals surface area contributed by atoms with E-state index in [9.17, 15) is 14.4 Å². The number of hydrogen-bond donors (Lipinski definition) is 2. The number of nitrogen functional groups attached to an aromatic ring is 1. The number of nitrogens with two attached hydrogens (primary N) is 1. The SMILES string of the molecule is N#Cc1cc(-c2cc3n(n2)CCO[C@@]32CCN(C(=O)NC3(c4ccc(F)cc4)CCC3)C2)cnc1N. The van der Waals surface area contributed by atoms with Crippen molar-refractivity contribution in [1.82, 2.24) is 25.0 Å². The number of nitrogens with zero attached hydrogens (tertiary/aromatic N) is 5. The molecule has 1 saturated heterocycles. The van der Waals surface area contributed by atoms with Crippen molar-refractivity contribution in [2.24, 2.45) is 0 Å². The van der Waals surface area contributed by atoms with E-state index in [1.807, 2.05) is 10.7 Å². The van der Waals surface area contributed by atoms with Crippen LogP contribution in [0.25, 0.3) is 11.3 Å². The van der Waals surface area contributed by atoms with Crippen LogP contribution in [0.2, 0.25) is 0 Å². The van der Waals surface area contributed by atoms with Crippen molar-refractivity contribution in [3.8, 4) is 17.3 Å². The molecule has 184 valence electrons. The highest BCUT2D eigenvalue weighted by atomic mass is 19.1. The molecule has 0 bridgehead atoms. The molecule has 2 fully saturated rings. The van der Waals surface area contributed by atoms with Crippen molar-refractivity contribution in [3.05, 3.63) is 65.2 Å². The Morgan fingerprint density at radius 1 is 1.19 bits per heavy atom. The number of anilines is 1. The maximum Gasteiger partial charge on any atom is 0.318 e. The minimum absolute atomic E-state index is 0.141. The van der Waals surface area contributed by atoms with Crippen molar-refractivity contribution in [2.75, 3.05) is 25.4 Å². The first-order chi connectivity index (χ1) is 17.4. The average molecular weight is 488 g/mol. The van der Waals surface area contributed by atoms with E-state index in [1.165, 1.54) is 12.1 Å². The molecule has 1 spiro atoms. The number of amides is 2. The number of carbonyl (C=O) groups is 1. The number of pyridine rings is 1. The lowest BCUT2D eigenvalue weighted by atomic mass is 9.72. The van der Waals surface area contributed by atoms with Crippen molar-refractivity contribution in [1.29, 1.82) is 5.26 Å². The number of rotatable bonds is 3. The fraction of sp³-hybridized carbons (Fsp3) is 0.385. The lowest BCUT2D eigenvalue weighted by Crippen LogP contribution is -2.55. The van der Waals surface area contributed by atoms with Crippen LogP contribution in [-0.4, -0.2) is 45.4 Å². The topological polar surface area (TPSA) is 122 Å². The molecule has 1 saturated carbocycles. The van der Waals surface area contributed by atoms with Crippen LogP contribution in [-0.2, 0) is 22.4 Å². The highest BCUT2D eigenvalue weighted by Crippen LogP contribution is 2.43. The van der Waals surface area contributed by atoms with Crippen LogP contribution in [0.4, 0.5) is 15.0 Å². The third-order valence-corrected chi connectivity index (χ3v) is 7.73. The minimum Gasteiger partial charge on any atom is -0.383 e. The second-order valence-corrected chi connectivity index (χ2v) is 9.79. The van der Waals surface area contributed by atoms with E-state index in [1.54, 1.807) is 29.3 Å². The van der Waals surface area contributed by atoms with Gasteiger partial charge in [-0.25, -0.2) is 14.2 Å². The van der Waals surface area contributed by atoms with Crippen LogP contribution in [0.15, 0.2) is 42.6 Å². The summed E-state index contributed by atoms with van der Waals surface area (Å²) in [5, 5.41) is 17.3. The summed E-state index contributed by atoms with van der Waals surface area (Å²) in [6.45, 7) is 2.05. The predicted molar refractivity (Wildman–Crippen MR) is 129 cm³/mol. The lowest BCUT2D eigenvalue weighted by Gasteiger charge is -2.44. The zero-order chi connectivity index (χ0) is 24.9. The van der Waals surface area contributed by atoms with Gasteiger partial charge in [-0.1, -0.05) is 12.1 Å². The number of ether oxygens (including phenoxy) is 1. The van der Waals surface area contributed by atoms with E-state index >= 15 is 0 Å². The average Bonchev–Trinajstić information content (AvgIpc) is 3.49. The van der Waals surface area contributed by atoms with Gasteiger partial charge in [-0.3, -0.25) is 4.68 Å². The first-order valence-electron chi connectivity index (χ1n) is 12.1. The van der Waals surface area contributed by atoms with Gasteiger partial charge in [0.05, 0.1) is 42.2 Å². The van der Waals surface area contributed by atoms with Crippen molar-refractivity contribution < 1.29 is 13.9 Å². The number of nitrogens with one attached hydrogen (secondary N) is 1. The highest BCUT2D eigenvalue weighted by molar-refractivity contribution is 5.76. The number of carbonyl (C=O) groups excluding carboxylic acids is 1. The normalized spacial score (nSPS) is 22.1. The monoisotopic (exact) mass is 487 g/mol. The molecular weight excluding hydrogens is 461 g/mol. The number of halogens is 1. The number of benzene rings is 1. The second kappa shape index (κ2) is 8.31. The molecule has 9 nitrogen and oxygen atoms in total. The minimum atomic E-state index is -0.650. The first-order valence-corrected chi connectivity index (χ1v) is 12.1. The van der Waals surface area contributed by atoms with Crippen LogP contribution in [0.1, 0.15) is 42.5 Å². The van der Waals surface area contributed by atoms with Gasteiger partial charge in [0, 0.05) is 24.7 Å². The van der Waals surface area contributed by atoms with Crippen molar-refractivity contribution in [3.63, 3.8) is 0 Å². The van der Waals surface area contributed by atoms with Gasteiger partial charge in [-0.05, 0) is 49.1 Å². The number of aromatic nitrogens is 3. The van der Waals surface area contributed by atoms with Gasteiger partial charge in [0.15, 0.2) is 0 Å². The zero-order valence-electron chi connectivity index (χ0n) is 19.7. The Bertz CT molecular complexity index is 1380. The summed E-state index contributed by atoms with van der Waals surface area (Å²) in [6.07, 6.45) is 4.94. The van der Waals surface area contributed by atoms with E-state index in [0.717, 1.165) is 30.5 Å². The van der Waals surface area contributed by atoms with E-state index in [4.69, 9.17) is 15.6 Å². The molecule has 1 atom stereocenters. The summed E-state index contributed by atoms with van der Waals surface area (Å²) in [7, 11) is 0. The van der Waals surface area contributed by atoms with Crippen LogP contribution in [0.5, 0.6) is 0 Å². The summed E-state index contributed by atoms with van der Waals surface area (Å²) in [5.41, 5.74) is 8.21. The molecule has 2 aliphatic heterocycles. The van der Waals surface area contributed by atoms with E-state index < -0.39 is 11.1 Å². The molecular formula is C26H26FN7O2. The standard InChI is InChI=1S/C26H26FN7O2/c27-20-4-2-19(3-5-20)25(6-1-7-25)31-24(35)33-9-8-26(16-33)22-13-21(32-34(22)10-11-36-26)18-12-17(14-28)23(29)30-15-18/h2-5,12-13,15H,1,6-11,16H2,(H2,29,30)(H,31,35)/t26-/m1/s1. The molecule has 1 aliphatic carbocycles. The van der Waals surface area contributed by atoms with Crippen molar-refractivity contribution in [2.45, 2.75) is 43.4 Å². The quantitative estimate of drug-likeness (QED) is 0.585. The zero-order valence-corrected chi connectivity index (χ0v) is 19.7. The molecule has 3 aliphatic rings. The Morgan fingerprint density at radius 2 is 2.00 bits per heavy atom. The van der Waals surface area contributed by atoms with E-state index in [2.05, 4.69) is 16.4 Å². The maximum atomic E-state index is 13.5. The Kier molecular flexibility index (Phi) is 5.19. The van der Waals surface area contributed by atoms with Crippen LogP contribution in [0, 0.1) is 17.1 Å². The first kappa shape index (κ1) is 22.5. The Labute approximate surface area is 207 Å². The third-order valence-electron chi connectivity index (χ3n) is 7.73. The number of urea groups is 1. The van der Waals surface area contributed by atoms with Gasteiger partial charge in [-0.2, -0.15) is 10.4 Å². The molecule has 3 aromatic rings. The number of likely N-dealkylation sites (tertiary alicyclic amines) is 1. The van der Waals surface area contributed by atoms with Crippen LogP contribution < -0.4 is 11.1 Å². The Balaban J connectivity index is 1.23. The number of hydrogen-bond acceptors (Lipinski definition) is 6. The smallest absolute Gasteiger partial charge is 0.318 e. The summed E-state index contributed by atoms with van der Waals surface area (Å²) in [6, 6.07) is 12.0. The van der Waals surface area contributed by atoms with Gasteiger partial charge in [0.2, 0.25) is 0 Å². The molecule has 0 unspecified atom stereocenters. The third kappa shape index (κ3) is 3.58. The Morgan fingerprint density at radius 3 is 2.72 bits per heavy atom. The van der Waals surface area contributed by atoms with Gasteiger partial charge in [0.25, 0.3) is 0 Å². The van der Waals surface area contributed by atoms with Gasteiger partial charge < -0.3 is 20.7 Å². The van der Waals surface area contributed by atoms with Gasteiger partial charge in [-0.15, -0.1) is 0 Å². The summed E-state index contributed by atoms with van der Waals surface area (Å²) < 4.78 is 21.7. The molecule has 0 radical (unpaired) electrons. The van der Waals surface area contributed by atoms with Crippen molar-refractivity contribution >= 4 is 11.8 Å². The second-order valence-electron chi connectivity index (χ2n) is 9.79. The molecule has 2 aromatic heterocycles. The molecule has 3 N–H and O–H groups in total. The van der Waals surface area contributed by atoms with E-state index in [-0.39, 0.29) is 17.7 Å². The number of nitriles is 1. The van der Waals surface area contributed by atoms with Gasteiger partial charge >= 0.3 is 6.03 Å². The van der Waals surface area contributed by atoms with Crippen LogP contribution in [0.3, 0.4) is 0 Å². The molecule has 36 heavy (non-hydrogen) atoms. The number of fused-ring (bicyclic) bond motifs is 2. The molecule has 2 amide bonds. The highest BCUT2D eigenvalue weighted by Gasteiger charge is 2.48. The largest absolute Gasteiger partial charge is 0.383 e. The summed E-state index contributed by atoms with van der Waals surface area (Å²) in [4.78, 5) is 19.3. The fourth-order valence-corrected chi connectivity index (χ4v) is 5.55. The van der Waals surface area contributed by atoms with Gasteiger partial charge in [0.1, 0.15) is 23.3 Å². The molecule has 10 heteroatoms. The Hall–Kier alpha value is -3.97. The predicted octanol–water partition coefficient (Wildman–Crippen LogP) is 3.26. The molecule has 1 aromatic carbocycles. The summed E-state index contributed by atoms with van der Waals surface area (Å²) in [5.74, 6) is -0.0996. The van der Waals surface area contributed by atoms with E-state index in [0.29, 0.717) is 49.5 Å². The van der Waals surface area contributed by atoms with Crippen LogP contribution >= 0.6 is 0 Å². The lowest BCUT2D eigenvalue weighted by molar-refractivity contribution is -0.0703. The fourth-order valence-electron chi connectivity index (χ4n) is 5.55. The summed E-state index contributed by atoms with van der Waals surface area (Å²) >= 11 is 0.